The number of benzene rings is 1. The molecule has 0 aliphatic rings. The Balaban J connectivity index is 1.95. The zero-order chi connectivity index (χ0) is 21.7. The second-order valence-electron chi connectivity index (χ2n) is 6.27. The van der Waals surface area contributed by atoms with Crippen LogP contribution >= 0.6 is 11.8 Å². The molecule has 0 amide bonds. The Morgan fingerprint density at radius 3 is 2.77 bits per heavy atom. The molecule has 1 N–H and O–H groups in total. The number of esters is 1. The molecule has 1 atom stereocenters. The summed E-state index contributed by atoms with van der Waals surface area (Å²) in [5.41, 5.74) is -0.166. The van der Waals surface area contributed by atoms with E-state index in [1.165, 1.54) is 19.4 Å². The maximum atomic E-state index is 13.9. The Morgan fingerprint density at radius 2 is 2.10 bits per heavy atom. The van der Waals surface area contributed by atoms with Crippen LogP contribution in [0.3, 0.4) is 0 Å². The summed E-state index contributed by atoms with van der Waals surface area (Å²) in [6.07, 6.45) is 2.84. The van der Waals surface area contributed by atoms with Gasteiger partial charge in [-0.3, -0.25) is 14.6 Å². The molecule has 0 aliphatic heterocycles. The van der Waals surface area contributed by atoms with Crippen LogP contribution in [0.25, 0.3) is 0 Å². The fourth-order valence-corrected chi connectivity index (χ4v) is 3.60. The first kappa shape index (κ1) is 21.5. The maximum absolute atomic E-state index is 13.9. The number of thioether (sulfide) groups is 1. The highest BCUT2D eigenvalue weighted by Gasteiger charge is 2.26. The molecular formula is C21H17F2NO5S. The molecule has 30 heavy (non-hydrogen) atoms. The van der Waals surface area contributed by atoms with Crippen molar-refractivity contribution in [2.45, 2.75) is 23.0 Å². The Hall–Kier alpha value is -3.20. The van der Waals surface area contributed by atoms with Crippen molar-refractivity contribution < 1.29 is 27.8 Å². The van der Waals surface area contributed by atoms with Crippen molar-refractivity contribution in [3.05, 3.63) is 87.7 Å². The third-order valence-corrected chi connectivity index (χ3v) is 5.34. The van der Waals surface area contributed by atoms with Crippen molar-refractivity contribution in [1.82, 2.24) is 4.98 Å². The van der Waals surface area contributed by atoms with Crippen LogP contribution in [0.5, 0.6) is 5.75 Å². The summed E-state index contributed by atoms with van der Waals surface area (Å²) >= 11 is 0.998. The summed E-state index contributed by atoms with van der Waals surface area (Å²) in [5, 5.41) is 10.3. The van der Waals surface area contributed by atoms with E-state index >= 15 is 0 Å². The lowest BCUT2D eigenvalue weighted by Crippen LogP contribution is -2.14. The number of halogens is 2. The van der Waals surface area contributed by atoms with Gasteiger partial charge >= 0.3 is 5.97 Å². The number of aromatic nitrogens is 1. The lowest BCUT2D eigenvalue weighted by atomic mass is 9.93. The summed E-state index contributed by atoms with van der Waals surface area (Å²) in [6, 6.07) is 7.57. The van der Waals surface area contributed by atoms with E-state index in [-0.39, 0.29) is 28.6 Å². The number of hydrogen-bond donors (Lipinski definition) is 1. The molecule has 0 fully saturated rings. The second-order valence-corrected chi connectivity index (χ2v) is 7.29. The van der Waals surface area contributed by atoms with Crippen LogP contribution in [0.15, 0.2) is 62.9 Å². The van der Waals surface area contributed by atoms with Crippen LogP contribution in [-0.2, 0) is 15.3 Å². The van der Waals surface area contributed by atoms with Crippen LogP contribution in [0.4, 0.5) is 8.78 Å². The van der Waals surface area contributed by atoms with E-state index < -0.39 is 34.7 Å². The molecule has 0 aliphatic carbocycles. The van der Waals surface area contributed by atoms with Crippen molar-refractivity contribution in [1.29, 1.82) is 0 Å². The van der Waals surface area contributed by atoms with E-state index in [1.807, 2.05) is 0 Å². The summed E-state index contributed by atoms with van der Waals surface area (Å²) in [7, 11) is 1.23. The average Bonchev–Trinajstić information content (AvgIpc) is 2.74. The number of nitrogens with zero attached hydrogens (tertiary/aromatic N) is 1. The molecule has 156 valence electrons. The predicted octanol–water partition coefficient (Wildman–Crippen LogP) is 4.01. The summed E-state index contributed by atoms with van der Waals surface area (Å²) in [4.78, 5) is 28.4. The van der Waals surface area contributed by atoms with Crippen LogP contribution in [0, 0.1) is 11.6 Å². The number of rotatable bonds is 7. The quantitative estimate of drug-likeness (QED) is 0.445. The van der Waals surface area contributed by atoms with Crippen LogP contribution < -0.4 is 5.43 Å². The highest BCUT2D eigenvalue weighted by molar-refractivity contribution is 7.98. The van der Waals surface area contributed by atoms with Gasteiger partial charge in [-0.25, -0.2) is 8.78 Å². The Kier molecular flexibility index (Phi) is 6.83. The largest absolute Gasteiger partial charge is 0.502 e. The minimum Gasteiger partial charge on any atom is -0.502 e. The third kappa shape index (κ3) is 5.04. The zero-order valence-corrected chi connectivity index (χ0v) is 16.6. The van der Waals surface area contributed by atoms with Gasteiger partial charge in [0.1, 0.15) is 17.4 Å². The molecule has 9 heteroatoms. The van der Waals surface area contributed by atoms with E-state index in [0.29, 0.717) is 5.56 Å². The number of ether oxygens (including phenoxy) is 1. The van der Waals surface area contributed by atoms with Gasteiger partial charge in [0.05, 0.1) is 25.2 Å². The molecule has 1 unspecified atom stereocenters. The molecule has 2 aromatic heterocycles. The number of pyridine rings is 1. The fraction of sp³-hybridized carbons (Fsp3) is 0.190. The van der Waals surface area contributed by atoms with Crippen LogP contribution in [0.1, 0.15) is 29.4 Å². The lowest BCUT2D eigenvalue weighted by molar-refractivity contribution is -0.140. The van der Waals surface area contributed by atoms with E-state index in [0.717, 1.165) is 30.0 Å². The Morgan fingerprint density at radius 1 is 1.30 bits per heavy atom. The van der Waals surface area contributed by atoms with Crippen LogP contribution in [-0.4, -0.2) is 23.2 Å². The first-order valence-corrected chi connectivity index (χ1v) is 9.78. The molecular weight excluding hydrogens is 416 g/mol. The van der Waals surface area contributed by atoms with Gasteiger partial charge in [-0.2, -0.15) is 0 Å². The van der Waals surface area contributed by atoms with Crippen LogP contribution in [0.2, 0.25) is 0 Å². The minimum absolute atomic E-state index is 0.0447. The third-order valence-electron chi connectivity index (χ3n) is 4.27. The minimum atomic E-state index is -0.814. The number of methoxy groups -OCH3 is 1. The maximum Gasteiger partial charge on any atom is 0.306 e. The second kappa shape index (κ2) is 9.53. The fourth-order valence-electron chi connectivity index (χ4n) is 2.80. The molecule has 0 spiro atoms. The van der Waals surface area contributed by atoms with E-state index in [4.69, 9.17) is 9.15 Å². The van der Waals surface area contributed by atoms with Crippen molar-refractivity contribution >= 4 is 17.7 Å². The molecule has 3 aromatic rings. The number of carbonyl (C=O) groups excluding carboxylic acids is 1. The van der Waals surface area contributed by atoms with E-state index in [2.05, 4.69) is 4.98 Å². The van der Waals surface area contributed by atoms with Crippen molar-refractivity contribution in [3.8, 4) is 5.75 Å². The van der Waals surface area contributed by atoms with Crippen molar-refractivity contribution in [3.63, 3.8) is 0 Å². The van der Waals surface area contributed by atoms with Crippen molar-refractivity contribution in [2.24, 2.45) is 0 Å². The molecule has 0 radical (unpaired) electrons. The highest BCUT2D eigenvalue weighted by Crippen LogP contribution is 2.34. The van der Waals surface area contributed by atoms with Gasteiger partial charge in [0.15, 0.2) is 5.76 Å². The van der Waals surface area contributed by atoms with Gasteiger partial charge in [0.25, 0.3) is 0 Å². The monoisotopic (exact) mass is 433 g/mol. The molecule has 1 aromatic carbocycles. The van der Waals surface area contributed by atoms with E-state index in [1.54, 1.807) is 18.3 Å². The smallest absolute Gasteiger partial charge is 0.306 e. The van der Waals surface area contributed by atoms with Gasteiger partial charge in [-0.05, 0) is 23.8 Å². The molecule has 2 heterocycles. The highest BCUT2D eigenvalue weighted by atomic mass is 32.2. The zero-order valence-electron chi connectivity index (χ0n) is 15.8. The van der Waals surface area contributed by atoms with Crippen molar-refractivity contribution in [2.75, 3.05) is 7.11 Å². The molecule has 3 rings (SSSR count). The normalized spacial score (nSPS) is 11.8. The molecule has 6 nitrogen and oxygen atoms in total. The molecule has 0 saturated heterocycles. The van der Waals surface area contributed by atoms with Gasteiger partial charge in [0, 0.05) is 29.4 Å². The first-order valence-electron chi connectivity index (χ1n) is 8.79. The number of aromatic hydroxyl groups is 1. The lowest BCUT2D eigenvalue weighted by Gasteiger charge is -2.17. The molecule has 0 saturated carbocycles. The van der Waals surface area contributed by atoms with Gasteiger partial charge in [-0.1, -0.05) is 6.07 Å². The predicted molar refractivity (Wildman–Crippen MR) is 105 cm³/mol. The average molecular weight is 433 g/mol. The Bertz CT molecular complexity index is 1100. The Labute approximate surface area is 174 Å². The van der Waals surface area contributed by atoms with Gasteiger partial charge < -0.3 is 14.3 Å². The standard InChI is InChI=1S/C21H17F2NO5S/c1-28-19(26)9-15(12-3-2-6-24-10-12)21-20(27)17(25)8-14(29-21)11-30-18-5-4-13(22)7-16(18)23/h2-8,10,15,27H,9,11H2,1H3. The first-order chi connectivity index (χ1) is 14.4. The topological polar surface area (TPSA) is 89.6 Å². The summed E-state index contributed by atoms with van der Waals surface area (Å²) in [5.74, 6) is -3.36. The summed E-state index contributed by atoms with van der Waals surface area (Å²) in [6.45, 7) is 0. The van der Waals surface area contributed by atoms with E-state index in [9.17, 15) is 23.5 Å². The summed E-state index contributed by atoms with van der Waals surface area (Å²) < 4.78 is 37.4. The number of hydrogen-bond acceptors (Lipinski definition) is 7. The molecule has 0 bridgehead atoms. The van der Waals surface area contributed by atoms with Gasteiger partial charge in [0.2, 0.25) is 11.2 Å². The van der Waals surface area contributed by atoms with Gasteiger partial charge in [-0.15, -0.1) is 11.8 Å². The number of carbonyl (C=O) groups is 1. The SMILES string of the molecule is COC(=O)CC(c1cccnc1)c1oc(CSc2ccc(F)cc2F)cc(=O)c1O.